The molecule has 0 saturated heterocycles. The van der Waals surface area contributed by atoms with Crippen LogP contribution in [0.4, 0.5) is 0 Å². The van der Waals surface area contributed by atoms with Crippen LogP contribution in [0.5, 0.6) is 0 Å². The van der Waals surface area contributed by atoms with E-state index in [0.29, 0.717) is 28.2 Å². The van der Waals surface area contributed by atoms with Crippen molar-refractivity contribution < 1.29 is 0 Å². The second-order valence-electron chi connectivity index (χ2n) is 5.14. The maximum Gasteiger partial charge on any atom is 0.280 e. The second-order valence-corrected chi connectivity index (χ2v) is 5.58. The van der Waals surface area contributed by atoms with Crippen LogP contribution in [-0.4, -0.2) is 24.4 Å². The third kappa shape index (κ3) is 2.10. The normalized spacial score (nSPS) is 11.4. The molecule has 0 amide bonds. The van der Waals surface area contributed by atoms with E-state index < -0.39 is 0 Å². The largest absolute Gasteiger partial charge is 0.314 e. The minimum absolute atomic E-state index is 0.164. The Morgan fingerprint density at radius 3 is 2.65 bits per heavy atom. The average molecular weight is 326 g/mol. The van der Waals surface area contributed by atoms with E-state index in [4.69, 9.17) is 11.6 Å². The maximum atomic E-state index is 12.3. The second kappa shape index (κ2) is 5.17. The number of hydrogen-bond donors (Lipinski definition) is 0. The zero-order chi connectivity index (χ0) is 16.0. The van der Waals surface area contributed by atoms with Crippen LogP contribution in [0.3, 0.4) is 0 Å². The fourth-order valence-corrected chi connectivity index (χ4v) is 2.74. The minimum atomic E-state index is -0.164. The van der Waals surface area contributed by atoms with Crippen molar-refractivity contribution in [3.05, 3.63) is 58.1 Å². The van der Waals surface area contributed by atoms with Gasteiger partial charge in [-0.1, -0.05) is 23.7 Å². The van der Waals surface area contributed by atoms with Crippen LogP contribution in [0, 0.1) is 0 Å². The van der Waals surface area contributed by atoms with Gasteiger partial charge >= 0.3 is 0 Å². The molecular weight excluding hydrogens is 314 g/mol. The Hall–Kier alpha value is -2.73. The highest BCUT2D eigenvalue weighted by Gasteiger charge is 2.13. The smallest absolute Gasteiger partial charge is 0.280 e. The molecule has 7 heteroatoms. The zero-order valence-corrected chi connectivity index (χ0v) is 13.0. The van der Waals surface area contributed by atoms with E-state index in [-0.39, 0.29) is 5.56 Å². The van der Waals surface area contributed by atoms with Crippen molar-refractivity contribution in [2.45, 2.75) is 13.5 Å². The Bertz CT molecular complexity index is 1080. The summed E-state index contributed by atoms with van der Waals surface area (Å²) in [5.74, 6) is 0. The van der Waals surface area contributed by atoms with Crippen LogP contribution in [0.2, 0.25) is 5.02 Å². The van der Waals surface area contributed by atoms with Crippen molar-refractivity contribution in [2.75, 3.05) is 0 Å². The number of aromatic nitrogens is 5. The van der Waals surface area contributed by atoms with Gasteiger partial charge in [-0.15, -0.1) is 10.2 Å². The van der Waals surface area contributed by atoms with Crippen LogP contribution < -0.4 is 5.56 Å². The molecule has 6 nitrogen and oxygen atoms in total. The predicted octanol–water partition coefficient (Wildman–Crippen LogP) is 2.78. The van der Waals surface area contributed by atoms with Crippen LogP contribution in [0.25, 0.3) is 27.8 Å². The number of halogens is 1. The molecule has 4 aromatic rings. The molecule has 4 rings (SSSR count). The summed E-state index contributed by atoms with van der Waals surface area (Å²) in [6, 6.07) is 9.27. The van der Waals surface area contributed by atoms with Gasteiger partial charge in [-0.3, -0.25) is 4.79 Å². The van der Waals surface area contributed by atoms with Crippen molar-refractivity contribution in [3.8, 4) is 11.1 Å². The number of pyridine rings is 1. The predicted molar refractivity (Wildman–Crippen MR) is 88.7 cm³/mol. The highest BCUT2D eigenvalue weighted by molar-refractivity contribution is 6.30. The molecule has 0 atom stereocenters. The first-order chi connectivity index (χ1) is 11.2. The molecule has 0 saturated carbocycles. The summed E-state index contributed by atoms with van der Waals surface area (Å²) in [4.78, 5) is 12.3. The van der Waals surface area contributed by atoms with Gasteiger partial charge in [0.2, 0.25) is 0 Å². The zero-order valence-electron chi connectivity index (χ0n) is 12.3. The fraction of sp³-hybridized carbons (Fsp3) is 0.125. The summed E-state index contributed by atoms with van der Waals surface area (Å²) < 4.78 is 3.24. The number of benzene rings is 1. The highest BCUT2D eigenvalue weighted by Crippen LogP contribution is 2.25. The Morgan fingerprint density at radius 2 is 1.91 bits per heavy atom. The van der Waals surface area contributed by atoms with Crippen LogP contribution >= 0.6 is 11.6 Å². The Kier molecular flexibility index (Phi) is 3.12. The van der Waals surface area contributed by atoms with Gasteiger partial charge in [0, 0.05) is 23.3 Å². The van der Waals surface area contributed by atoms with Crippen molar-refractivity contribution in [1.82, 2.24) is 24.4 Å². The molecule has 23 heavy (non-hydrogen) atoms. The van der Waals surface area contributed by atoms with E-state index >= 15 is 0 Å². The third-order valence-corrected chi connectivity index (χ3v) is 4.08. The lowest BCUT2D eigenvalue weighted by atomic mass is 10.1. The lowest BCUT2D eigenvalue weighted by Gasteiger charge is -2.04. The highest BCUT2D eigenvalue weighted by atomic mass is 35.5. The SMILES string of the molecule is CCn1ccc2c(nnc3c(-c4ccc(Cl)cc4)cnn32)c1=O. The topological polar surface area (TPSA) is 65.1 Å². The number of fused-ring (bicyclic) bond motifs is 3. The molecule has 0 unspecified atom stereocenters. The molecular formula is C16H12ClN5O. The van der Waals surface area contributed by atoms with Gasteiger partial charge < -0.3 is 4.57 Å². The van der Waals surface area contributed by atoms with Crippen LogP contribution in [0.1, 0.15) is 6.92 Å². The third-order valence-electron chi connectivity index (χ3n) is 3.83. The maximum absolute atomic E-state index is 12.3. The summed E-state index contributed by atoms with van der Waals surface area (Å²) in [5, 5.41) is 13.4. The molecule has 0 fully saturated rings. The first kappa shape index (κ1) is 13.9. The van der Waals surface area contributed by atoms with Gasteiger partial charge in [0.05, 0.1) is 6.20 Å². The van der Waals surface area contributed by atoms with Gasteiger partial charge in [-0.2, -0.15) is 5.10 Å². The lowest BCUT2D eigenvalue weighted by molar-refractivity contribution is 0.729. The minimum Gasteiger partial charge on any atom is -0.314 e. The summed E-state index contributed by atoms with van der Waals surface area (Å²) in [6.07, 6.45) is 3.47. The molecule has 0 aliphatic heterocycles. The van der Waals surface area contributed by atoms with E-state index in [1.165, 1.54) is 0 Å². The van der Waals surface area contributed by atoms with E-state index in [2.05, 4.69) is 15.3 Å². The molecule has 0 N–H and O–H groups in total. The summed E-state index contributed by atoms with van der Waals surface area (Å²) in [5.41, 5.74) is 3.18. The first-order valence-electron chi connectivity index (χ1n) is 7.18. The van der Waals surface area contributed by atoms with Crippen molar-refractivity contribution in [1.29, 1.82) is 0 Å². The molecule has 0 spiro atoms. The van der Waals surface area contributed by atoms with Crippen LogP contribution in [0.15, 0.2) is 47.5 Å². The number of hydrogen-bond acceptors (Lipinski definition) is 4. The standard InChI is InChI=1S/C16H12ClN5O/c1-2-21-8-7-13-14(16(21)23)19-20-15-12(9-18-22(13)15)10-3-5-11(17)6-4-10/h3-9H,2H2,1H3. The van der Waals surface area contributed by atoms with Gasteiger partial charge in [-0.05, 0) is 30.7 Å². The van der Waals surface area contributed by atoms with E-state index in [1.807, 2.05) is 37.3 Å². The van der Waals surface area contributed by atoms with Crippen LogP contribution in [-0.2, 0) is 6.54 Å². The Balaban J connectivity index is 2.01. The fourth-order valence-electron chi connectivity index (χ4n) is 2.61. The van der Waals surface area contributed by atoms with Gasteiger partial charge in [0.25, 0.3) is 5.56 Å². The molecule has 114 valence electrons. The molecule has 3 aromatic heterocycles. The molecule has 3 heterocycles. The van der Waals surface area contributed by atoms with Gasteiger partial charge in [0.1, 0.15) is 5.52 Å². The average Bonchev–Trinajstić information content (AvgIpc) is 3.00. The Morgan fingerprint density at radius 1 is 1.13 bits per heavy atom. The monoisotopic (exact) mass is 325 g/mol. The van der Waals surface area contributed by atoms with Crippen molar-refractivity contribution in [3.63, 3.8) is 0 Å². The van der Waals surface area contributed by atoms with Crippen molar-refractivity contribution >= 4 is 28.3 Å². The summed E-state index contributed by atoms with van der Waals surface area (Å²) in [6.45, 7) is 2.50. The van der Waals surface area contributed by atoms with Crippen molar-refractivity contribution in [2.24, 2.45) is 0 Å². The Labute approximate surface area is 136 Å². The number of nitrogens with zero attached hydrogens (tertiary/aromatic N) is 5. The lowest BCUT2D eigenvalue weighted by Crippen LogP contribution is -2.20. The van der Waals surface area contributed by atoms with E-state index in [9.17, 15) is 4.79 Å². The number of aryl methyl sites for hydroxylation is 1. The molecule has 0 radical (unpaired) electrons. The first-order valence-corrected chi connectivity index (χ1v) is 7.56. The molecule has 0 bridgehead atoms. The quantitative estimate of drug-likeness (QED) is 0.568. The van der Waals surface area contributed by atoms with E-state index in [1.54, 1.807) is 21.5 Å². The van der Waals surface area contributed by atoms with Gasteiger partial charge in [-0.25, -0.2) is 4.52 Å². The summed E-state index contributed by atoms with van der Waals surface area (Å²) in [7, 11) is 0. The number of rotatable bonds is 2. The van der Waals surface area contributed by atoms with E-state index in [0.717, 1.165) is 11.1 Å². The molecule has 0 aliphatic rings. The summed E-state index contributed by atoms with van der Waals surface area (Å²) >= 11 is 5.93. The van der Waals surface area contributed by atoms with Gasteiger partial charge in [0.15, 0.2) is 11.2 Å². The molecule has 0 aliphatic carbocycles. The molecule has 1 aromatic carbocycles.